The Kier molecular flexibility index (Phi) is 3.79. The van der Waals surface area contributed by atoms with E-state index < -0.39 is 5.97 Å². The molecule has 0 spiro atoms. The molecule has 2 unspecified atom stereocenters. The van der Waals surface area contributed by atoms with Gasteiger partial charge in [0.25, 0.3) is 0 Å². The lowest BCUT2D eigenvalue weighted by Gasteiger charge is -2.36. The smallest absolute Gasteiger partial charge is 0.303 e. The Bertz CT molecular complexity index is 512. The van der Waals surface area contributed by atoms with E-state index in [-0.39, 0.29) is 0 Å². The predicted molar refractivity (Wildman–Crippen MR) is 78.8 cm³/mol. The number of benzene rings is 1. The molecule has 1 aromatic rings. The van der Waals surface area contributed by atoms with E-state index in [1.807, 2.05) is 0 Å². The first-order valence-corrected chi connectivity index (χ1v) is 7.69. The summed E-state index contributed by atoms with van der Waals surface area (Å²) in [5.74, 6) is -0.324. The fourth-order valence-corrected chi connectivity index (χ4v) is 3.87. The average Bonchev–Trinajstić information content (AvgIpc) is 2.81. The Morgan fingerprint density at radius 3 is 3.05 bits per heavy atom. The van der Waals surface area contributed by atoms with Crippen LogP contribution in [-0.4, -0.2) is 29.1 Å². The van der Waals surface area contributed by atoms with Crippen molar-refractivity contribution in [3.63, 3.8) is 0 Å². The average molecular weight is 273 g/mol. The first kappa shape index (κ1) is 13.6. The molecule has 1 N–H and O–H groups in total. The number of piperidine rings is 1. The Morgan fingerprint density at radius 2 is 2.25 bits per heavy atom. The fraction of sp³-hybridized carbons (Fsp3) is 0.588. The van der Waals surface area contributed by atoms with Crippen LogP contribution in [0.1, 0.15) is 48.4 Å². The van der Waals surface area contributed by atoms with Crippen molar-refractivity contribution in [2.75, 3.05) is 13.1 Å². The van der Waals surface area contributed by atoms with Crippen molar-refractivity contribution in [1.29, 1.82) is 0 Å². The first-order chi connectivity index (χ1) is 9.63. The third-order valence-electron chi connectivity index (χ3n) is 4.80. The van der Waals surface area contributed by atoms with E-state index >= 15 is 0 Å². The van der Waals surface area contributed by atoms with Gasteiger partial charge in [0.05, 0.1) is 0 Å². The van der Waals surface area contributed by atoms with Crippen LogP contribution in [0, 0.1) is 12.8 Å². The summed E-state index contributed by atoms with van der Waals surface area (Å²) in [6, 6.07) is 7.31. The van der Waals surface area contributed by atoms with Crippen molar-refractivity contribution in [2.45, 2.75) is 45.1 Å². The molecule has 1 aromatic carbocycles. The number of rotatable bonds is 3. The van der Waals surface area contributed by atoms with Gasteiger partial charge in [0, 0.05) is 19.0 Å². The lowest BCUT2D eigenvalue weighted by molar-refractivity contribution is -0.138. The van der Waals surface area contributed by atoms with Crippen LogP contribution in [0.3, 0.4) is 0 Å². The van der Waals surface area contributed by atoms with Crippen LogP contribution in [0.25, 0.3) is 0 Å². The SMILES string of the molecule is Cc1ccc2c(c1)C(N1CCCC(CC(=O)O)C1)CC2. The highest BCUT2D eigenvalue weighted by atomic mass is 16.4. The predicted octanol–water partition coefficient (Wildman–Crippen LogP) is 3.17. The molecule has 1 aliphatic heterocycles. The summed E-state index contributed by atoms with van der Waals surface area (Å²) in [4.78, 5) is 13.5. The van der Waals surface area contributed by atoms with Crippen molar-refractivity contribution in [3.8, 4) is 0 Å². The molecule has 0 bridgehead atoms. The number of likely N-dealkylation sites (tertiary alicyclic amines) is 1. The van der Waals surface area contributed by atoms with E-state index in [4.69, 9.17) is 5.11 Å². The summed E-state index contributed by atoms with van der Waals surface area (Å²) in [6.07, 6.45) is 4.88. The van der Waals surface area contributed by atoms with Crippen LogP contribution in [0.4, 0.5) is 0 Å². The number of carboxylic acids is 1. The summed E-state index contributed by atoms with van der Waals surface area (Å²) in [5, 5.41) is 8.99. The Hall–Kier alpha value is -1.35. The molecule has 3 nitrogen and oxygen atoms in total. The van der Waals surface area contributed by atoms with Crippen LogP contribution in [0.15, 0.2) is 18.2 Å². The second-order valence-corrected chi connectivity index (χ2v) is 6.36. The van der Waals surface area contributed by atoms with Crippen molar-refractivity contribution >= 4 is 5.97 Å². The van der Waals surface area contributed by atoms with Gasteiger partial charge in [-0.05, 0) is 56.2 Å². The first-order valence-electron chi connectivity index (χ1n) is 7.69. The normalized spacial score (nSPS) is 26.4. The minimum absolute atomic E-state index is 0.323. The highest BCUT2D eigenvalue weighted by molar-refractivity contribution is 5.67. The zero-order valence-electron chi connectivity index (χ0n) is 12.1. The highest BCUT2D eigenvalue weighted by Crippen LogP contribution is 2.38. The molecule has 3 heteroatoms. The summed E-state index contributed by atoms with van der Waals surface area (Å²) < 4.78 is 0. The minimum Gasteiger partial charge on any atom is -0.481 e. The Labute approximate surface area is 120 Å². The molecule has 0 radical (unpaired) electrons. The van der Waals surface area contributed by atoms with Crippen LogP contribution < -0.4 is 0 Å². The molecule has 20 heavy (non-hydrogen) atoms. The second-order valence-electron chi connectivity index (χ2n) is 6.36. The molecule has 1 saturated heterocycles. The van der Waals surface area contributed by atoms with Gasteiger partial charge >= 0.3 is 5.97 Å². The lowest BCUT2D eigenvalue weighted by atomic mass is 9.92. The summed E-state index contributed by atoms with van der Waals surface area (Å²) >= 11 is 0. The molecular formula is C17H23NO2. The fourth-order valence-electron chi connectivity index (χ4n) is 3.87. The van der Waals surface area contributed by atoms with Crippen molar-refractivity contribution < 1.29 is 9.90 Å². The Balaban J connectivity index is 1.74. The van der Waals surface area contributed by atoms with E-state index in [0.717, 1.165) is 25.9 Å². The number of aryl methyl sites for hydroxylation is 2. The number of fused-ring (bicyclic) bond motifs is 1. The standard InChI is InChI=1S/C17H23NO2/c1-12-4-5-14-6-7-16(15(14)9-12)18-8-2-3-13(11-18)10-17(19)20/h4-5,9,13,16H,2-3,6-8,10-11H2,1H3,(H,19,20). The van der Waals surface area contributed by atoms with E-state index in [0.29, 0.717) is 18.4 Å². The van der Waals surface area contributed by atoms with E-state index in [9.17, 15) is 4.79 Å². The molecule has 108 valence electrons. The number of hydrogen-bond donors (Lipinski definition) is 1. The monoisotopic (exact) mass is 273 g/mol. The molecule has 1 aliphatic carbocycles. The maximum absolute atomic E-state index is 10.9. The van der Waals surface area contributed by atoms with Crippen molar-refractivity contribution in [3.05, 3.63) is 34.9 Å². The number of aliphatic carboxylic acids is 1. The molecule has 0 amide bonds. The van der Waals surface area contributed by atoms with Gasteiger partial charge in [-0.3, -0.25) is 9.69 Å². The van der Waals surface area contributed by atoms with E-state index in [2.05, 4.69) is 30.0 Å². The molecule has 0 saturated carbocycles. The molecule has 1 fully saturated rings. The number of hydrogen-bond acceptors (Lipinski definition) is 2. The minimum atomic E-state index is -0.653. The maximum Gasteiger partial charge on any atom is 0.303 e. The summed E-state index contributed by atoms with van der Waals surface area (Å²) in [7, 11) is 0. The largest absolute Gasteiger partial charge is 0.481 e. The summed E-state index contributed by atoms with van der Waals surface area (Å²) in [5.41, 5.74) is 4.30. The van der Waals surface area contributed by atoms with E-state index in [1.54, 1.807) is 0 Å². The molecule has 2 atom stereocenters. The number of nitrogens with zero attached hydrogens (tertiary/aromatic N) is 1. The van der Waals surface area contributed by atoms with Gasteiger partial charge in [0.15, 0.2) is 0 Å². The maximum atomic E-state index is 10.9. The van der Waals surface area contributed by atoms with Crippen LogP contribution in [0.2, 0.25) is 0 Å². The third-order valence-corrected chi connectivity index (χ3v) is 4.80. The van der Waals surface area contributed by atoms with Crippen molar-refractivity contribution in [2.24, 2.45) is 5.92 Å². The third kappa shape index (κ3) is 2.73. The Morgan fingerprint density at radius 1 is 1.40 bits per heavy atom. The van der Waals surface area contributed by atoms with Gasteiger partial charge < -0.3 is 5.11 Å². The van der Waals surface area contributed by atoms with Crippen LogP contribution in [-0.2, 0) is 11.2 Å². The molecule has 2 aliphatic rings. The van der Waals surface area contributed by atoms with Gasteiger partial charge in [-0.25, -0.2) is 0 Å². The molecule has 1 heterocycles. The second kappa shape index (κ2) is 5.57. The van der Waals surface area contributed by atoms with Gasteiger partial charge in [-0.15, -0.1) is 0 Å². The van der Waals surface area contributed by atoms with Gasteiger partial charge in [0.2, 0.25) is 0 Å². The van der Waals surface area contributed by atoms with Gasteiger partial charge in [-0.1, -0.05) is 23.8 Å². The molecule has 0 aromatic heterocycles. The topological polar surface area (TPSA) is 40.5 Å². The van der Waals surface area contributed by atoms with Crippen LogP contribution >= 0.6 is 0 Å². The summed E-state index contributed by atoms with van der Waals surface area (Å²) in [6.45, 7) is 4.22. The highest BCUT2D eigenvalue weighted by Gasteiger charge is 2.31. The number of carbonyl (C=O) groups is 1. The van der Waals surface area contributed by atoms with E-state index in [1.165, 1.54) is 29.5 Å². The zero-order valence-corrected chi connectivity index (χ0v) is 12.1. The molecular weight excluding hydrogens is 250 g/mol. The molecule has 3 rings (SSSR count). The number of carboxylic acid groups (broad SMARTS) is 1. The quantitative estimate of drug-likeness (QED) is 0.919. The van der Waals surface area contributed by atoms with Gasteiger partial charge in [-0.2, -0.15) is 0 Å². The van der Waals surface area contributed by atoms with Crippen LogP contribution in [0.5, 0.6) is 0 Å². The van der Waals surface area contributed by atoms with Gasteiger partial charge in [0.1, 0.15) is 0 Å². The van der Waals surface area contributed by atoms with Crippen molar-refractivity contribution in [1.82, 2.24) is 4.90 Å². The lowest BCUT2D eigenvalue weighted by Crippen LogP contribution is -2.38. The zero-order chi connectivity index (χ0) is 14.1.